The Bertz CT molecular complexity index is 459. The Morgan fingerprint density at radius 1 is 1.24 bits per heavy atom. The molecule has 1 aromatic rings. The van der Waals surface area contributed by atoms with E-state index >= 15 is 0 Å². The van der Waals surface area contributed by atoms with Crippen LogP contribution in [0, 0.1) is 5.92 Å². The first kappa shape index (κ1) is 14.7. The van der Waals surface area contributed by atoms with Gasteiger partial charge in [-0.25, -0.2) is 0 Å². The Balaban J connectivity index is 1.77. The van der Waals surface area contributed by atoms with Crippen LogP contribution >= 0.6 is 0 Å². The molecule has 1 N–H and O–H groups in total. The molecule has 0 spiro atoms. The monoisotopic (exact) mass is 296 g/mol. The normalized spacial score (nSPS) is 21.5. The molecule has 1 aromatic carbocycles. The molecule has 1 aliphatic heterocycles. The third-order valence-corrected chi connectivity index (χ3v) is 4.31. The molecule has 1 heterocycles. The Morgan fingerprint density at radius 3 is 2.67 bits per heavy atom. The zero-order valence-electron chi connectivity index (χ0n) is 12.1. The van der Waals surface area contributed by atoms with Crippen molar-refractivity contribution >= 4 is 0 Å². The largest absolute Gasteiger partial charge is 0.435 e. The van der Waals surface area contributed by atoms with Gasteiger partial charge in [0.1, 0.15) is 5.75 Å². The number of halogens is 2. The van der Waals surface area contributed by atoms with Crippen LogP contribution in [0.3, 0.4) is 0 Å². The fraction of sp³-hybridized carbons (Fsp3) is 0.625. The van der Waals surface area contributed by atoms with Crippen LogP contribution < -0.4 is 10.1 Å². The van der Waals surface area contributed by atoms with Gasteiger partial charge in [-0.05, 0) is 30.0 Å². The lowest BCUT2D eigenvalue weighted by molar-refractivity contribution is -0.0499. The number of hydrogen-bond donors (Lipinski definition) is 1. The molecule has 0 bridgehead atoms. The van der Waals surface area contributed by atoms with E-state index in [1.807, 2.05) is 12.1 Å². The maximum absolute atomic E-state index is 12.4. The van der Waals surface area contributed by atoms with Gasteiger partial charge in [0.2, 0.25) is 0 Å². The maximum Gasteiger partial charge on any atom is 0.387 e. The second kappa shape index (κ2) is 6.71. The summed E-state index contributed by atoms with van der Waals surface area (Å²) in [6, 6.07) is 7.55. The fourth-order valence-electron chi connectivity index (χ4n) is 3.06. The maximum atomic E-state index is 12.4. The molecule has 0 aromatic heterocycles. The van der Waals surface area contributed by atoms with Gasteiger partial charge in [-0.2, -0.15) is 8.78 Å². The Morgan fingerprint density at radius 2 is 2.00 bits per heavy atom. The van der Waals surface area contributed by atoms with Gasteiger partial charge in [-0.1, -0.05) is 25.0 Å². The number of benzene rings is 1. The molecule has 2 aliphatic rings. The van der Waals surface area contributed by atoms with E-state index in [2.05, 4.69) is 15.0 Å². The van der Waals surface area contributed by atoms with Gasteiger partial charge in [0.25, 0.3) is 0 Å². The Labute approximate surface area is 124 Å². The van der Waals surface area contributed by atoms with Crippen LogP contribution in [0.2, 0.25) is 0 Å². The minimum Gasteiger partial charge on any atom is -0.435 e. The zero-order chi connectivity index (χ0) is 14.7. The van der Waals surface area contributed by atoms with Crippen LogP contribution in [0.4, 0.5) is 8.78 Å². The van der Waals surface area contributed by atoms with Crippen LogP contribution in [0.25, 0.3) is 0 Å². The van der Waals surface area contributed by atoms with E-state index in [1.165, 1.54) is 12.8 Å². The first-order valence-electron chi connectivity index (χ1n) is 7.72. The van der Waals surface area contributed by atoms with Crippen molar-refractivity contribution in [3.8, 4) is 5.75 Å². The highest BCUT2D eigenvalue weighted by Crippen LogP contribution is 2.40. The van der Waals surface area contributed by atoms with E-state index in [4.69, 9.17) is 0 Å². The summed E-state index contributed by atoms with van der Waals surface area (Å²) in [5.41, 5.74) is 1.10. The van der Waals surface area contributed by atoms with Gasteiger partial charge in [0.05, 0.1) is 0 Å². The van der Waals surface area contributed by atoms with E-state index in [0.717, 1.165) is 44.1 Å². The summed E-state index contributed by atoms with van der Waals surface area (Å²) in [7, 11) is 0. The van der Waals surface area contributed by atoms with Gasteiger partial charge < -0.3 is 10.1 Å². The summed E-state index contributed by atoms with van der Waals surface area (Å²) in [4.78, 5) is 2.47. The van der Waals surface area contributed by atoms with E-state index in [9.17, 15) is 8.78 Å². The number of nitrogens with zero attached hydrogens (tertiary/aromatic N) is 1. The van der Waals surface area contributed by atoms with Crippen molar-refractivity contribution in [1.29, 1.82) is 0 Å². The number of alkyl halides is 2. The third-order valence-electron chi connectivity index (χ3n) is 4.31. The SMILES string of the molecule is FC(F)Oc1cccc([C@H](CC2CC2)N2CCNCC2)c1. The summed E-state index contributed by atoms with van der Waals surface area (Å²) >= 11 is 0. The molecule has 1 atom stereocenters. The quantitative estimate of drug-likeness (QED) is 0.873. The van der Waals surface area contributed by atoms with Crippen LogP contribution in [-0.4, -0.2) is 37.7 Å². The van der Waals surface area contributed by atoms with E-state index < -0.39 is 6.61 Å². The van der Waals surface area contributed by atoms with Crippen LogP contribution in [0.5, 0.6) is 5.75 Å². The topological polar surface area (TPSA) is 24.5 Å². The molecule has 3 nitrogen and oxygen atoms in total. The number of hydrogen-bond acceptors (Lipinski definition) is 3. The molecule has 0 amide bonds. The summed E-state index contributed by atoms with van der Waals surface area (Å²) in [5.74, 6) is 1.06. The predicted octanol–water partition coefficient (Wildman–Crippen LogP) is 3.03. The number of ether oxygens (including phenoxy) is 1. The van der Waals surface area contributed by atoms with Crippen molar-refractivity contribution < 1.29 is 13.5 Å². The molecule has 21 heavy (non-hydrogen) atoms. The molecule has 1 saturated heterocycles. The van der Waals surface area contributed by atoms with Gasteiger partial charge in [0, 0.05) is 32.2 Å². The minimum absolute atomic E-state index is 0.262. The summed E-state index contributed by atoms with van der Waals surface area (Å²) in [6.07, 6.45) is 3.73. The molecular weight excluding hydrogens is 274 g/mol. The standard InChI is InChI=1S/C16H22F2N2O/c17-16(18)21-14-3-1-2-13(11-14)15(10-12-4-5-12)20-8-6-19-7-9-20/h1-3,11-12,15-16,19H,4-10H2/t15-/m0/s1. The van der Waals surface area contributed by atoms with Gasteiger partial charge in [-0.3, -0.25) is 4.90 Å². The fourth-order valence-corrected chi connectivity index (χ4v) is 3.06. The van der Waals surface area contributed by atoms with Gasteiger partial charge >= 0.3 is 6.61 Å². The lowest BCUT2D eigenvalue weighted by Gasteiger charge is -2.35. The van der Waals surface area contributed by atoms with Gasteiger partial charge in [-0.15, -0.1) is 0 Å². The van der Waals surface area contributed by atoms with Crippen molar-refractivity contribution in [3.63, 3.8) is 0 Å². The van der Waals surface area contributed by atoms with Crippen LogP contribution in [0.15, 0.2) is 24.3 Å². The predicted molar refractivity (Wildman–Crippen MR) is 77.6 cm³/mol. The summed E-state index contributed by atoms with van der Waals surface area (Å²) in [6.45, 7) is 1.25. The average Bonchev–Trinajstić information content (AvgIpc) is 3.29. The molecule has 2 fully saturated rings. The van der Waals surface area contributed by atoms with Crippen molar-refractivity contribution in [3.05, 3.63) is 29.8 Å². The van der Waals surface area contributed by atoms with Crippen molar-refractivity contribution in [2.45, 2.75) is 31.9 Å². The van der Waals surface area contributed by atoms with E-state index in [1.54, 1.807) is 12.1 Å². The highest BCUT2D eigenvalue weighted by atomic mass is 19.3. The first-order valence-corrected chi connectivity index (χ1v) is 7.72. The number of piperazine rings is 1. The Hall–Kier alpha value is -1.20. The second-order valence-electron chi connectivity index (χ2n) is 5.93. The minimum atomic E-state index is -2.76. The Kier molecular flexibility index (Phi) is 4.70. The van der Waals surface area contributed by atoms with Crippen LogP contribution in [-0.2, 0) is 0 Å². The molecule has 116 valence electrons. The lowest BCUT2D eigenvalue weighted by Crippen LogP contribution is -2.45. The smallest absolute Gasteiger partial charge is 0.387 e. The number of nitrogens with one attached hydrogen (secondary N) is 1. The van der Waals surface area contributed by atoms with Crippen molar-refractivity contribution in [2.75, 3.05) is 26.2 Å². The molecule has 0 radical (unpaired) electrons. The second-order valence-corrected chi connectivity index (χ2v) is 5.93. The first-order chi connectivity index (χ1) is 10.2. The van der Waals surface area contributed by atoms with Crippen molar-refractivity contribution in [1.82, 2.24) is 10.2 Å². The molecule has 1 saturated carbocycles. The van der Waals surface area contributed by atoms with Crippen molar-refractivity contribution in [2.24, 2.45) is 5.92 Å². The van der Waals surface area contributed by atoms with E-state index in [0.29, 0.717) is 6.04 Å². The molecule has 0 unspecified atom stereocenters. The van der Waals surface area contributed by atoms with Gasteiger partial charge in [0.15, 0.2) is 0 Å². The van der Waals surface area contributed by atoms with Crippen LogP contribution in [0.1, 0.15) is 30.9 Å². The molecule has 1 aliphatic carbocycles. The highest BCUT2D eigenvalue weighted by molar-refractivity contribution is 5.31. The zero-order valence-corrected chi connectivity index (χ0v) is 12.1. The number of rotatable bonds is 6. The average molecular weight is 296 g/mol. The molecule has 3 rings (SSSR count). The highest BCUT2D eigenvalue weighted by Gasteiger charge is 2.30. The molecule has 5 heteroatoms. The van der Waals surface area contributed by atoms with E-state index in [-0.39, 0.29) is 5.75 Å². The lowest BCUT2D eigenvalue weighted by atomic mass is 9.98. The molecular formula is C16H22F2N2O. The summed E-state index contributed by atoms with van der Waals surface area (Å²) < 4.78 is 29.3. The summed E-state index contributed by atoms with van der Waals surface area (Å²) in [5, 5.41) is 3.36. The third kappa shape index (κ3) is 4.14.